The lowest BCUT2D eigenvalue weighted by molar-refractivity contribution is -0.165. The summed E-state index contributed by atoms with van der Waals surface area (Å²) in [5.41, 5.74) is 0. The van der Waals surface area contributed by atoms with Crippen LogP contribution < -0.4 is 0 Å². The Morgan fingerprint density at radius 3 is 2.17 bits per heavy atom. The molecule has 0 unspecified atom stereocenters. The molecule has 0 spiro atoms. The van der Waals surface area contributed by atoms with Gasteiger partial charge in [0.2, 0.25) is 0 Å². The largest absolute Gasteiger partial charge is 0.479 e. The maximum Gasteiger partial charge on any atom is 0.344 e. The predicted octanol–water partition coefficient (Wildman–Crippen LogP) is 0.170. The molecule has 0 aliphatic heterocycles. The van der Waals surface area contributed by atoms with Crippen LogP contribution in [0.5, 0.6) is 0 Å². The Labute approximate surface area is 73.9 Å². The van der Waals surface area contributed by atoms with E-state index >= 15 is 0 Å². The van der Waals surface area contributed by atoms with Crippen LogP contribution in [0.3, 0.4) is 0 Å². The highest BCUT2D eigenvalue weighted by Gasteiger charge is 2.25. The molecule has 0 rings (SSSR count). The molecule has 0 atom stereocenters. The van der Waals surface area contributed by atoms with Crippen molar-refractivity contribution in [2.75, 3.05) is 12.5 Å². The number of alkyl halides is 1. The minimum atomic E-state index is -1.78. The van der Waals surface area contributed by atoms with Gasteiger partial charge in [0.05, 0.1) is 0 Å². The van der Waals surface area contributed by atoms with Gasteiger partial charge in [0.15, 0.2) is 0 Å². The van der Waals surface area contributed by atoms with Crippen molar-refractivity contribution in [2.45, 2.75) is 12.5 Å². The van der Waals surface area contributed by atoms with E-state index in [9.17, 15) is 9.59 Å². The third kappa shape index (κ3) is 4.15. The van der Waals surface area contributed by atoms with Crippen LogP contribution in [0.4, 0.5) is 0 Å². The molecule has 0 aromatic rings. The molecule has 0 amide bonds. The molecule has 0 bridgehead atoms. The van der Waals surface area contributed by atoms with E-state index < -0.39 is 18.0 Å². The summed E-state index contributed by atoms with van der Waals surface area (Å²) < 4.78 is 4.52. The third-order valence-electron chi connectivity index (χ3n) is 1.01. The van der Waals surface area contributed by atoms with E-state index in [1.165, 1.54) is 0 Å². The average molecular weight is 197 g/mol. The molecule has 0 saturated carbocycles. The van der Waals surface area contributed by atoms with Gasteiger partial charge in [-0.25, -0.2) is 9.59 Å². The number of carbonyl (C=O) groups is 2. The quantitative estimate of drug-likeness (QED) is 0.359. The normalized spacial score (nSPS) is 10.2. The molecular weight excluding hydrogens is 188 g/mol. The molecule has 70 valence electrons. The standard InChI is InChI=1S/C6H9ClO5/c7-2-1-3-12-4(5(8)9)6(10)11/h4H,1-3H2,(H,8,9)(H,10,11). The van der Waals surface area contributed by atoms with Gasteiger partial charge in [0.25, 0.3) is 6.10 Å². The highest BCUT2D eigenvalue weighted by molar-refractivity contribution is 6.17. The zero-order chi connectivity index (χ0) is 9.56. The molecular formula is C6H9ClO5. The van der Waals surface area contributed by atoms with E-state index in [2.05, 4.69) is 4.74 Å². The summed E-state index contributed by atoms with van der Waals surface area (Å²) in [6, 6.07) is 0. The van der Waals surface area contributed by atoms with Gasteiger partial charge in [-0.15, -0.1) is 11.6 Å². The Hall–Kier alpha value is -0.810. The number of aliphatic carboxylic acids is 2. The second-order valence-corrected chi connectivity index (χ2v) is 2.35. The lowest BCUT2D eigenvalue weighted by Gasteiger charge is -2.07. The van der Waals surface area contributed by atoms with E-state index in [0.717, 1.165) is 0 Å². The van der Waals surface area contributed by atoms with Crippen LogP contribution in [0.2, 0.25) is 0 Å². The summed E-state index contributed by atoms with van der Waals surface area (Å²) in [5.74, 6) is -2.69. The van der Waals surface area contributed by atoms with Crippen LogP contribution in [-0.4, -0.2) is 40.7 Å². The molecule has 0 aliphatic rings. The van der Waals surface area contributed by atoms with Gasteiger partial charge in [0, 0.05) is 12.5 Å². The Morgan fingerprint density at radius 2 is 1.83 bits per heavy atom. The van der Waals surface area contributed by atoms with Crippen molar-refractivity contribution < 1.29 is 24.5 Å². The van der Waals surface area contributed by atoms with Crippen LogP contribution >= 0.6 is 11.6 Å². The summed E-state index contributed by atoms with van der Waals surface area (Å²) in [7, 11) is 0. The minimum Gasteiger partial charge on any atom is -0.479 e. The van der Waals surface area contributed by atoms with Crippen molar-refractivity contribution in [3.63, 3.8) is 0 Å². The van der Waals surface area contributed by atoms with Crippen LogP contribution in [0.25, 0.3) is 0 Å². The number of carboxylic acid groups (broad SMARTS) is 2. The fourth-order valence-electron chi connectivity index (χ4n) is 0.504. The molecule has 0 saturated heterocycles. The van der Waals surface area contributed by atoms with Gasteiger partial charge >= 0.3 is 11.9 Å². The van der Waals surface area contributed by atoms with Gasteiger partial charge in [-0.2, -0.15) is 0 Å². The van der Waals surface area contributed by atoms with Gasteiger partial charge in [0.1, 0.15) is 0 Å². The number of carboxylic acids is 2. The van der Waals surface area contributed by atoms with Crippen molar-refractivity contribution in [3.05, 3.63) is 0 Å². The average Bonchev–Trinajstić information content (AvgIpc) is 1.96. The smallest absolute Gasteiger partial charge is 0.344 e. The molecule has 0 heterocycles. The van der Waals surface area contributed by atoms with E-state index in [1.807, 2.05) is 0 Å². The molecule has 0 aliphatic carbocycles. The Kier molecular flexibility index (Phi) is 5.40. The second kappa shape index (κ2) is 5.79. The van der Waals surface area contributed by atoms with Crippen LogP contribution in [0, 0.1) is 0 Å². The van der Waals surface area contributed by atoms with Gasteiger partial charge in [-0.05, 0) is 6.42 Å². The summed E-state index contributed by atoms with van der Waals surface area (Å²) in [5, 5.41) is 16.6. The zero-order valence-electron chi connectivity index (χ0n) is 6.20. The van der Waals surface area contributed by atoms with Crippen molar-refractivity contribution in [2.24, 2.45) is 0 Å². The highest BCUT2D eigenvalue weighted by atomic mass is 35.5. The third-order valence-corrected chi connectivity index (χ3v) is 1.28. The lowest BCUT2D eigenvalue weighted by atomic mass is 10.3. The fraction of sp³-hybridized carbons (Fsp3) is 0.667. The Balaban J connectivity index is 3.80. The monoisotopic (exact) mass is 196 g/mol. The fourth-order valence-corrected chi connectivity index (χ4v) is 0.613. The molecule has 2 N–H and O–H groups in total. The first-order valence-corrected chi connectivity index (χ1v) is 3.76. The maximum absolute atomic E-state index is 10.2. The highest BCUT2D eigenvalue weighted by Crippen LogP contribution is 1.95. The van der Waals surface area contributed by atoms with Crippen LogP contribution in [0.15, 0.2) is 0 Å². The van der Waals surface area contributed by atoms with Crippen LogP contribution in [0.1, 0.15) is 6.42 Å². The second-order valence-electron chi connectivity index (χ2n) is 1.97. The molecule has 0 aromatic heterocycles. The number of rotatable bonds is 6. The van der Waals surface area contributed by atoms with E-state index in [4.69, 9.17) is 21.8 Å². The summed E-state index contributed by atoms with van der Waals surface area (Å²) in [6.07, 6.45) is -1.35. The summed E-state index contributed by atoms with van der Waals surface area (Å²) in [4.78, 5) is 20.4. The van der Waals surface area contributed by atoms with Crippen molar-refractivity contribution in [1.29, 1.82) is 0 Å². The lowest BCUT2D eigenvalue weighted by Crippen LogP contribution is -2.32. The Morgan fingerprint density at radius 1 is 1.33 bits per heavy atom. The van der Waals surface area contributed by atoms with Gasteiger partial charge in [-0.3, -0.25) is 0 Å². The van der Waals surface area contributed by atoms with Crippen molar-refractivity contribution >= 4 is 23.5 Å². The molecule has 0 aromatic carbocycles. The zero-order valence-corrected chi connectivity index (χ0v) is 6.95. The summed E-state index contributed by atoms with van der Waals surface area (Å²) in [6.45, 7) is 0.0345. The van der Waals surface area contributed by atoms with Gasteiger partial charge in [-0.1, -0.05) is 0 Å². The van der Waals surface area contributed by atoms with E-state index in [-0.39, 0.29) is 6.61 Å². The number of hydrogen-bond donors (Lipinski definition) is 2. The maximum atomic E-state index is 10.2. The van der Waals surface area contributed by atoms with Crippen molar-refractivity contribution in [1.82, 2.24) is 0 Å². The number of halogens is 1. The van der Waals surface area contributed by atoms with E-state index in [0.29, 0.717) is 12.3 Å². The Bertz CT molecular complexity index is 155. The first kappa shape index (κ1) is 11.2. The topological polar surface area (TPSA) is 83.8 Å². The summed E-state index contributed by atoms with van der Waals surface area (Å²) >= 11 is 5.27. The molecule has 0 radical (unpaired) electrons. The van der Waals surface area contributed by atoms with Gasteiger partial charge < -0.3 is 14.9 Å². The van der Waals surface area contributed by atoms with Crippen molar-refractivity contribution in [3.8, 4) is 0 Å². The number of ether oxygens (including phenoxy) is 1. The minimum absolute atomic E-state index is 0.0345. The molecule has 12 heavy (non-hydrogen) atoms. The SMILES string of the molecule is O=C(O)C(OCCCCl)C(=O)O. The molecule has 0 fully saturated rings. The first-order chi connectivity index (χ1) is 5.59. The van der Waals surface area contributed by atoms with Crippen LogP contribution in [-0.2, 0) is 14.3 Å². The predicted molar refractivity (Wildman–Crippen MR) is 40.3 cm³/mol. The molecule has 6 heteroatoms. The number of hydrogen-bond acceptors (Lipinski definition) is 3. The first-order valence-electron chi connectivity index (χ1n) is 3.22. The van der Waals surface area contributed by atoms with E-state index in [1.54, 1.807) is 0 Å². The molecule has 5 nitrogen and oxygen atoms in total.